The van der Waals surface area contributed by atoms with E-state index in [1.807, 2.05) is 38.4 Å². The Kier molecular flexibility index (Phi) is 6.24. The molecule has 0 aliphatic rings. The van der Waals surface area contributed by atoms with Gasteiger partial charge < -0.3 is 9.64 Å². The number of hydrogen-bond acceptors (Lipinski definition) is 2. The molecule has 0 spiro atoms. The SMILES string of the molecule is CN(C)CCOc1ccc(C(=Cc2ccccc2)c2ccccc2)cc1. The second-order valence-electron chi connectivity index (χ2n) is 6.51. The molecule has 0 bridgehead atoms. The van der Waals surface area contributed by atoms with Crippen LogP contribution >= 0.6 is 0 Å². The maximum absolute atomic E-state index is 5.81. The molecule has 0 radical (unpaired) electrons. The minimum Gasteiger partial charge on any atom is -0.492 e. The first-order chi connectivity index (χ1) is 12.7. The van der Waals surface area contributed by atoms with Crippen LogP contribution in [0.3, 0.4) is 0 Å². The highest BCUT2D eigenvalue weighted by Crippen LogP contribution is 2.27. The van der Waals surface area contributed by atoms with E-state index in [9.17, 15) is 0 Å². The normalized spacial score (nSPS) is 11.6. The van der Waals surface area contributed by atoms with Gasteiger partial charge in [-0.1, -0.05) is 72.8 Å². The van der Waals surface area contributed by atoms with Crippen molar-refractivity contribution in [3.05, 3.63) is 102 Å². The molecule has 3 rings (SSSR count). The van der Waals surface area contributed by atoms with E-state index in [2.05, 4.69) is 71.6 Å². The van der Waals surface area contributed by atoms with Crippen LogP contribution in [0.15, 0.2) is 84.9 Å². The zero-order chi connectivity index (χ0) is 18.2. The van der Waals surface area contributed by atoms with Crippen LogP contribution in [0.25, 0.3) is 11.6 Å². The van der Waals surface area contributed by atoms with E-state index in [0.29, 0.717) is 6.61 Å². The molecule has 26 heavy (non-hydrogen) atoms. The van der Waals surface area contributed by atoms with Gasteiger partial charge in [0.2, 0.25) is 0 Å². The first kappa shape index (κ1) is 18.0. The van der Waals surface area contributed by atoms with Crippen LogP contribution in [0, 0.1) is 0 Å². The summed E-state index contributed by atoms with van der Waals surface area (Å²) in [7, 11) is 4.10. The van der Waals surface area contributed by atoms with Crippen molar-refractivity contribution in [2.45, 2.75) is 0 Å². The van der Waals surface area contributed by atoms with Crippen molar-refractivity contribution in [3.8, 4) is 5.75 Å². The summed E-state index contributed by atoms with van der Waals surface area (Å²) in [4.78, 5) is 2.12. The van der Waals surface area contributed by atoms with Crippen molar-refractivity contribution in [3.63, 3.8) is 0 Å². The first-order valence-corrected chi connectivity index (χ1v) is 8.92. The molecule has 2 heteroatoms. The molecular formula is C24H25NO. The van der Waals surface area contributed by atoms with Gasteiger partial charge in [0.1, 0.15) is 12.4 Å². The van der Waals surface area contributed by atoms with Gasteiger partial charge in [-0.05, 0) is 54.6 Å². The van der Waals surface area contributed by atoms with Crippen LogP contribution in [-0.2, 0) is 0 Å². The van der Waals surface area contributed by atoms with E-state index in [1.165, 1.54) is 22.3 Å². The van der Waals surface area contributed by atoms with Gasteiger partial charge in [0.25, 0.3) is 0 Å². The van der Waals surface area contributed by atoms with Crippen LogP contribution in [0.5, 0.6) is 5.75 Å². The molecule has 0 fully saturated rings. The lowest BCUT2D eigenvalue weighted by Crippen LogP contribution is -2.19. The highest BCUT2D eigenvalue weighted by molar-refractivity contribution is 5.91. The minimum atomic E-state index is 0.692. The molecular weight excluding hydrogens is 318 g/mol. The monoisotopic (exact) mass is 343 g/mol. The third-order valence-corrected chi connectivity index (χ3v) is 4.17. The quantitative estimate of drug-likeness (QED) is 0.546. The fourth-order valence-corrected chi connectivity index (χ4v) is 2.74. The van der Waals surface area contributed by atoms with Gasteiger partial charge in [0.05, 0.1) is 0 Å². The molecule has 3 aromatic carbocycles. The summed E-state index contributed by atoms with van der Waals surface area (Å²) < 4.78 is 5.81. The summed E-state index contributed by atoms with van der Waals surface area (Å²) >= 11 is 0. The topological polar surface area (TPSA) is 12.5 Å². The molecule has 0 aromatic heterocycles. The van der Waals surface area contributed by atoms with Crippen LogP contribution < -0.4 is 4.74 Å². The molecule has 0 saturated carbocycles. The van der Waals surface area contributed by atoms with Crippen LogP contribution in [0.2, 0.25) is 0 Å². The smallest absolute Gasteiger partial charge is 0.119 e. The highest BCUT2D eigenvalue weighted by atomic mass is 16.5. The molecule has 132 valence electrons. The Labute approximate surface area is 156 Å². The zero-order valence-electron chi connectivity index (χ0n) is 15.4. The Bertz CT molecular complexity index is 821. The van der Waals surface area contributed by atoms with Gasteiger partial charge in [-0.15, -0.1) is 0 Å². The largest absolute Gasteiger partial charge is 0.492 e. The second kappa shape index (κ2) is 9.02. The predicted molar refractivity (Wildman–Crippen MR) is 110 cm³/mol. The zero-order valence-corrected chi connectivity index (χ0v) is 15.4. The summed E-state index contributed by atoms with van der Waals surface area (Å²) in [5.74, 6) is 0.905. The first-order valence-electron chi connectivity index (χ1n) is 8.92. The lowest BCUT2D eigenvalue weighted by molar-refractivity contribution is 0.261. The van der Waals surface area contributed by atoms with Crippen molar-refractivity contribution >= 4 is 11.6 Å². The van der Waals surface area contributed by atoms with E-state index in [0.717, 1.165) is 12.3 Å². The average Bonchev–Trinajstić information content (AvgIpc) is 2.68. The molecule has 0 amide bonds. The Morgan fingerprint density at radius 1 is 0.769 bits per heavy atom. The Balaban J connectivity index is 1.87. The van der Waals surface area contributed by atoms with Crippen LogP contribution in [0.1, 0.15) is 16.7 Å². The third-order valence-electron chi connectivity index (χ3n) is 4.17. The molecule has 0 unspecified atom stereocenters. The maximum atomic E-state index is 5.81. The molecule has 0 aliphatic carbocycles. The molecule has 0 aliphatic heterocycles. The maximum Gasteiger partial charge on any atom is 0.119 e. The lowest BCUT2D eigenvalue weighted by atomic mass is 9.95. The summed E-state index contributed by atoms with van der Waals surface area (Å²) in [6, 6.07) is 29.3. The number of benzene rings is 3. The van der Waals surface area contributed by atoms with E-state index < -0.39 is 0 Å². The molecule has 0 N–H and O–H groups in total. The van der Waals surface area contributed by atoms with Gasteiger partial charge in [-0.2, -0.15) is 0 Å². The summed E-state index contributed by atoms with van der Waals surface area (Å²) in [5.41, 5.74) is 4.78. The van der Waals surface area contributed by atoms with Gasteiger partial charge in [0.15, 0.2) is 0 Å². The average molecular weight is 343 g/mol. The van der Waals surface area contributed by atoms with Crippen molar-refractivity contribution in [1.82, 2.24) is 4.90 Å². The third kappa shape index (κ3) is 5.08. The number of ether oxygens (including phenoxy) is 1. The standard InChI is InChI=1S/C24H25NO/c1-25(2)17-18-26-23-15-13-22(14-16-23)24(21-11-7-4-8-12-21)19-20-9-5-3-6-10-20/h3-16,19H,17-18H2,1-2H3. The number of hydrogen-bond donors (Lipinski definition) is 0. The lowest BCUT2D eigenvalue weighted by Gasteiger charge is -2.13. The van der Waals surface area contributed by atoms with Gasteiger partial charge in [0, 0.05) is 6.54 Å². The molecule has 0 heterocycles. The van der Waals surface area contributed by atoms with Gasteiger partial charge in [-0.25, -0.2) is 0 Å². The molecule has 2 nitrogen and oxygen atoms in total. The number of nitrogens with zero attached hydrogens (tertiary/aromatic N) is 1. The van der Waals surface area contributed by atoms with Gasteiger partial charge >= 0.3 is 0 Å². The van der Waals surface area contributed by atoms with Crippen LogP contribution in [-0.4, -0.2) is 32.1 Å². The molecule has 0 atom stereocenters. The number of rotatable bonds is 7. The summed E-state index contributed by atoms with van der Waals surface area (Å²) in [5, 5.41) is 0. The highest BCUT2D eigenvalue weighted by Gasteiger charge is 2.06. The van der Waals surface area contributed by atoms with E-state index in [4.69, 9.17) is 4.74 Å². The van der Waals surface area contributed by atoms with Crippen molar-refractivity contribution in [2.24, 2.45) is 0 Å². The fraction of sp³-hybridized carbons (Fsp3) is 0.167. The van der Waals surface area contributed by atoms with Crippen molar-refractivity contribution < 1.29 is 4.74 Å². The Hall–Kier alpha value is -2.84. The van der Waals surface area contributed by atoms with Crippen molar-refractivity contribution in [2.75, 3.05) is 27.2 Å². The van der Waals surface area contributed by atoms with E-state index in [-0.39, 0.29) is 0 Å². The predicted octanol–water partition coefficient (Wildman–Crippen LogP) is 5.22. The Morgan fingerprint density at radius 2 is 1.35 bits per heavy atom. The fourth-order valence-electron chi connectivity index (χ4n) is 2.74. The number of likely N-dealkylation sites (N-methyl/N-ethyl adjacent to an activating group) is 1. The van der Waals surface area contributed by atoms with Crippen LogP contribution in [0.4, 0.5) is 0 Å². The Morgan fingerprint density at radius 3 is 1.96 bits per heavy atom. The summed E-state index contributed by atoms with van der Waals surface area (Å²) in [6.45, 7) is 1.60. The minimum absolute atomic E-state index is 0.692. The second-order valence-corrected chi connectivity index (χ2v) is 6.51. The molecule has 3 aromatic rings. The van der Waals surface area contributed by atoms with E-state index >= 15 is 0 Å². The molecule has 0 saturated heterocycles. The van der Waals surface area contributed by atoms with Crippen molar-refractivity contribution in [1.29, 1.82) is 0 Å². The van der Waals surface area contributed by atoms with E-state index in [1.54, 1.807) is 0 Å². The van der Waals surface area contributed by atoms with Gasteiger partial charge in [-0.3, -0.25) is 0 Å². The summed E-state index contributed by atoms with van der Waals surface area (Å²) in [6.07, 6.45) is 2.23.